The molecule has 4 rings (SSSR count). The number of carbonyl (C=O) groups excluding carboxylic acids is 1. The van der Waals surface area contributed by atoms with Crippen LogP contribution in [0.2, 0.25) is 5.02 Å². The van der Waals surface area contributed by atoms with Crippen LogP contribution < -0.4 is 15.1 Å². The number of para-hydroxylation sites is 1. The Morgan fingerprint density at radius 1 is 0.821 bits per heavy atom. The average Bonchev–Trinajstić information content (AvgIpc) is 2.89. The van der Waals surface area contributed by atoms with Gasteiger partial charge in [0.2, 0.25) is 0 Å². The summed E-state index contributed by atoms with van der Waals surface area (Å²) in [5, 5.41) is 20.1. The fourth-order valence-electron chi connectivity index (χ4n) is 3.76. The second kappa shape index (κ2) is 12.5. The van der Waals surface area contributed by atoms with Crippen molar-refractivity contribution in [3.05, 3.63) is 88.7 Å². The molecule has 0 radical (unpaired) electrons. The van der Waals surface area contributed by atoms with E-state index in [0.717, 1.165) is 0 Å². The number of rotatable bonds is 5. The van der Waals surface area contributed by atoms with Crippen LogP contribution in [0.1, 0.15) is 20.7 Å². The molecule has 206 valence electrons. The number of aliphatic carboxylic acids is 1. The fourth-order valence-corrected chi connectivity index (χ4v) is 3.89. The smallest absolute Gasteiger partial charge is 0.478 e. The van der Waals surface area contributed by atoms with Crippen molar-refractivity contribution in [3.63, 3.8) is 0 Å². The number of amides is 1. The quantitative estimate of drug-likeness (QED) is 0.355. The molecule has 3 aromatic rings. The summed E-state index contributed by atoms with van der Waals surface area (Å²) < 4.78 is 45.8. The van der Waals surface area contributed by atoms with E-state index in [0.29, 0.717) is 53.8 Å². The summed E-state index contributed by atoms with van der Waals surface area (Å²) in [4.78, 5) is 37.2. The number of carbonyl (C=O) groups is 3. The van der Waals surface area contributed by atoms with E-state index in [1.807, 2.05) is 9.80 Å². The molecule has 1 saturated heterocycles. The van der Waals surface area contributed by atoms with Crippen LogP contribution in [-0.4, -0.2) is 60.4 Å². The van der Waals surface area contributed by atoms with E-state index in [2.05, 4.69) is 5.32 Å². The predicted molar refractivity (Wildman–Crippen MR) is 137 cm³/mol. The number of halogens is 5. The van der Waals surface area contributed by atoms with Crippen LogP contribution in [0.25, 0.3) is 0 Å². The Morgan fingerprint density at radius 3 is 1.87 bits per heavy atom. The van der Waals surface area contributed by atoms with E-state index >= 15 is 0 Å². The highest BCUT2D eigenvalue weighted by Crippen LogP contribution is 2.28. The van der Waals surface area contributed by atoms with Crippen molar-refractivity contribution < 1.29 is 42.2 Å². The zero-order valence-corrected chi connectivity index (χ0v) is 20.8. The van der Waals surface area contributed by atoms with Gasteiger partial charge >= 0.3 is 18.1 Å². The van der Waals surface area contributed by atoms with Crippen molar-refractivity contribution >= 4 is 46.5 Å². The molecule has 3 aromatic carbocycles. The van der Waals surface area contributed by atoms with Gasteiger partial charge in [0, 0.05) is 42.5 Å². The number of nitrogens with one attached hydrogen (secondary N) is 1. The van der Waals surface area contributed by atoms with Crippen molar-refractivity contribution in [1.29, 1.82) is 0 Å². The zero-order chi connectivity index (χ0) is 28.7. The van der Waals surface area contributed by atoms with Crippen LogP contribution in [0.5, 0.6) is 0 Å². The van der Waals surface area contributed by atoms with Gasteiger partial charge in [-0.2, -0.15) is 13.2 Å². The summed E-state index contributed by atoms with van der Waals surface area (Å²) in [5.41, 5.74) is 2.01. The lowest BCUT2D eigenvalue weighted by molar-refractivity contribution is -0.192. The summed E-state index contributed by atoms with van der Waals surface area (Å²) in [5.74, 6) is -4.47. The fraction of sp³-hybridized carbons (Fsp3) is 0.192. The van der Waals surface area contributed by atoms with Gasteiger partial charge in [-0.25, -0.2) is 14.0 Å². The van der Waals surface area contributed by atoms with Crippen LogP contribution >= 0.6 is 11.6 Å². The average molecular weight is 568 g/mol. The van der Waals surface area contributed by atoms with Gasteiger partial charge in [-0.3, -0.25) is 4.79 Å². The molecule has 0 spiro atoms. The maximum Gasteiger partial charge on any atom is 0.490 e. The number of carboxylic acid groups (broad SMARTS) is 2. The Morgan fingerprint density at radius 2 is 1.36 bits per heavy atom. The van der Waals surface area contributed by atoms with E-state index in [9.17, 15) is 32.3 Å². The molecule has 1 amide bonds. The third-order valence-electron chi connectivity index (χ3n) is 5.65. The maximum absolute atomic E-state index is 14.1. The van der Waals surface area contributed by atoms with Crippen LogP contribution in [0.4, 0.5) is 34.6 Å². The normalized spacial score (nSPS) is 13.3. The third kappa shape index (κ3) is 7.84. The molecule has 1 fully saturated rings. The van der Waals surface area contributed by atoms with Crippen molar-refractivity contribution in [2.45, 2.75) is 6.18 Å². The van der Waals surface area contributed by atoms with Crippen LogP contribution in [-0.2, 0) is 4.79 Å². The highest BCUT2D eigenvalue weighted by atomic mass is 35.5. The molecule has 0 aliphatic carbocycles. The molecule has 39 heavy (non-hydrogen) atoms. The van der Waals surface area contributed by atoms with Gasteiger partial charge in [-0.15, -0.1) is 0 Å². The summed E-state index contributed by atoms with van der Waals surface area (Å²) in [7, 11) is 0. The lowest BCUT2D eigenvalue weighted by Crippen LogP contribution is -2.47. The standard InChI is InChI=1S/C24H21ClFN3O3.C2HF3O2/c25-17-7-5-16(6-8-17)23(30)27-18-9-10-21(19(15-18)24(31)32)28-11-13-29(14-12-28)22-4-2-1-3-20(22)26;3-2(4,5)1(6)7/h1-10,15H,11-14H2,(H,27,30)(H,31,32);(H,6,7). The molecular formula is C26H22ClF4N3O5. The van der Waals surface area contributed by atoms with Crippen LogP contribution in [0.15, 0.2) is 66.7 Å². The lowest BCUT2D eigenvalue weighted by Gasteiger charge is -2.38. The Bertz CT molecular complexity index is 1340. The highest BCUT2D eigenvalue weighted by molar-refractivity contribution is 6.30. The first-order valence-corrected chi connectivity index (χ1v) is 11.7. The van der Waals surface area contributed by atoms with Gasteiger partial charge in [-0.05, 0) is 54.6 Å². The number of hydrogen-bond donors (Lipinski definition) is 3. The predicted octanol–water partition coefficient (Wildman–Crippen LogP) is 5.39. The Labute approximate surface area is 225 Å². The first-order chi connectivity index (χ1) is 18.4. The second-order valence-electron chi connectivity index (χ2n) is 8.23. The number of nitrogens with zero attached hydrogens (tertiary/aromatic N) is 2. The molecule has 1 aliphatic heterocycles. The SMILES string of the molecule is O=C(Nc1ccc(N2CCN(c3ccccc3F)CC2)c(C(=O)O)c1)c1ccc(Cl)cc1.O=C(O)C(F)(F)F. The number of aromatic carboxylic acids is 1. The van der Waals surface area contributed by atoms with Gasteiger partial charge in [-0.1, -0.05) is 23.7 Å². The van der Waals surface area contributed by atoms with Crippen molar-refractivity contribution in [1.82, 2.24) is 0 Å². The largest absolute Gasteiger partial charge is 0.490 e. The lowest BCUT2D eigenvalue weighted by atomic mass is 10.1. The van der Waals surface area contributed by atoms with Crippen molar-refractivity contribution in [2.24, 2.45) is 0 Å². The Hall–Kier alpha value is -4.32. The van der Waals surface area contributed by atoms with E-state index in [-0.39, 0.29) is 17.3 Å². The van der Waals surface area contributed by atoms with Gasteiger partial charge in [0.15, 0.2) is 0 Å². The monoisotopic (exact) mass is 567 g/mol. The van der Waals surface area contributed by atoms with Gasteiger partial charge in [0.1, 0.15) is 5.82 Å². The Balaban J connectivity index is 0.000000532. The molecular weight excluding hydrogens is 546 g/mol. The minimum absolute atomic E-state index is 0.0956. The molecule has 1 aliphatic rings. The van der Waals surface area contributed by atoms with Gasteiger partial charge in [0.25, 0.3) is 5.91 Å². The van der Waals surface area contributed by atoms with E-state index < -0.39 is 18.1 Å². The van der Waals surface area contributed by atoms with Gasteiger partial charge < -0.3 is 25.3 Å². The molecule has 0 saturated carbocycles. The zero-order valence-electron chi connectivity index (χ0n) is 20.1. The highest BCUT2D eigenvalue weighted by Gasteiger charge is 2.38. The minimum atomic E-state index is -5.08. The third-order valence-corrected chi connectivity index (χ3v) is 5.90. The molecule has 8 nitrogen and oxygen atoms in total. The summed E-state index contributed by atoms with van der Waals surface area (Å²) in [6.07, 6.45) is -5.08. The topological polar surface area (TPSA) is 110 Å². The van der Waals surface area contributed by atoms with E-state index in [4.69, 9.17) is 21.5 Å². The minimum Gasteiger partial charge on any atom is -0.478 e. The van der Waals surface area contributed by atoms with Crippen LogP contribution in [0.3, 0.4) is 0 Å². The molecule has 13 heteroatoms. The molecule has 0 bridgehead atoms. The molecule has 0 aromatic heterocycles. The van der Waals surface area contributed by atoms with Gasteiger partial charge in [0.05, 0.1) is 16.9 Å². The Kier molecular flexibility index (Phi) is 9.36. The van der Waals surface area contributed by atoms with Crippen LogP contribution in [0, 0.1) is 5.82 Å². The second-order valence-corrected chi connectivity index (χ2v) is 8.66. The molecule has 1 heterocycles. The summed E-state index contributed by atoms with van der Waals surface area (Å²) >= 11 is 5.85. The summed E-state index contributed by atoms with van der Waals surface area (Å²) in [6.45, 7) is 2.22. The van der Waals surface area contributed by atoms with E-state index in [1.165, 1.54) is 12.1 Å². The maximum atomic E-state index is 14.1. The molecule has 3 N–H and O–H groups in total. The summed E-state index contributed by atoms with van der Waals surface area (Å²) in [6, 6.07) is 17.9. The van der Waals surface area contributed by atoms with Crippen molar-refractivity contribution in [2.75, 3.05) is 41.3 Å². The number of piperazine rings is 1. The number of benzene rings is 3. The number of hydrogen-bond acceptors (Lipinski definition) is 5. The number of alkyl halides is 3. The number of carboxylic acids is 2. The first-order valence-electron chi connectivity index (χ1n) is 11.4. The van der Waals surface area contributed by atoms with E-state index in [1.54, 1.807) is 54.6 Å². The molecule has 0 atom stereocenters. The molecule has 0 unspecified atom stereocenters. The number of anilines is 3. The van der Waals surface area contributed by atoms with Crippen molar-refractivity contribution in [3.8, 4) is 0 Å². The first kappa shape index (κ1) is 29.2.